The van der Waals surface area contributed by atoms with Crippen LogP contribution in [-0.2, 0) is 6.42 Å². The summed E-state index contributed by atoms with van der Waals surface area (Å²) in [6, 6.07) is 19.8. The zero-order chi connectivity index (χ0) is 12.1. The van der Waals surface area contributed by atoms with Gasteiger partial charge in [-0.1, -0.05) is 68.4 Å². The van der Waals surface area contributed by atoms with Crippen LogP contribution in [0.4, 0.5) is 0 Å². The van der Waals surface area contributed by atoms with E-state index < -0.39 is 0 Å². The molecule has 0 aliphatic carbocycles. The Balaban J connectivity index is 2.29. The molecule has 0 amide bonds. The van der Waals surface area contributed by atoms with Gasteiger partial charge in [0, 0.05) is 5.92 Å². The van der Waals surface area contributed by atoms with Crippen molar-refractivity contribution in [2.45, 2.75) is 32.6 Å². The molecule has 88 valence electrons. The van der Waals surface area contributed by atoms with Crippen LogP contribution in [0.15, 0.2) is 54.6 Å². The van der Waals surface area contributed by atoms with Crippen LogP contribution in [0, 0.1) is 0 Å². The molecule has 0 saturated carbocycles. The van der Waals surface area contributed by atoms with Gasteiger partial charge in [0.25, 0.3) is 0 Å². The fraction of sp³-hybridized carbons (Fsp3) is 0.294. The van der Waals surface area contributed by atoms with Crippen LogP contribution in [0.1, 0.15) is 42.9 Å². The van der Waals surface area contributed by atoms with Crippen LogP contribution in [0.2, 0.25) is 0 Å². The SMILES string of the molecule is CCc1ccc(C(CC)c2ccccc2)cc1. The molecule has 2 rings (SSSR count). The maximum Gasteiger partial charge on any atom is 0.00867 e. The van der Waals surface area contributed by atoms with E-state index in [1.54, 1.807) is 0 Å². The molecule has 0 saturated heterocycles. The minimum Gasteiger partial charge on any atom is -0.0645 e. The predicted molar refractivity (Wildman–Crippen MR) is 74.4 cm³/mol. The zero-order valence-electron chi connectivity index (χ0n) is 10.7. The summed E-state index contributed by atoms with van der Waals surface area (Å²) in [5, 5.41) is 0. The molecule has 0 heterocycles. The monoisotopic (exact) mass is 224 g/mol. The van der Waals surface area contributed by atoms with Gasteiger partial charge >= 0.3 is 0 Å². The van der Waals surface area contributed by atoms with E-state index in [2.05, 4.69) is 68.4 Å². The van der Waals surface area contributed by atoms with E-state index >= 15 is 0 Å². The maximum absolute atomic E-state index is 2.28. The Morgan fingerprint density at radius 3 is 1.88 bits per heavy atom. The number of hydrogen-bond acceptors (Lipinski definition) is 0. The second-order valence-electron chi connectivity index (χ2n) is 4.47. The Morgan fingerprint density at radius 2 is 1.35 bits per heavy atom. The van der Waals surface area contributed by atoms with Gasteiger partial charge in [-0.3, -0.25) is 0 Å². The third-order valence-corrected chi connectivity index (χ3v) is 3.40. The molecule has 2 aromatic carbocycles. The standard InChI is InChI=1S/C17H20/c1-3-14-10-12-16(13-11-14)17(4-2)15-8-6-5-7-9-15/h5-13,17H,3-4H2,1-2H3. The molecule has 0 spiro atoms. The first-order valence-corrected chi connectivity index (χ1v) is 6.49. The molecule has 17 heavy (non-hydrogen) atoms. The highest BCUT2D eigenvalue weighted by Gasteiger charge is 2.10. The van der Waals surface area contributed by atoms with E-state index in [1.807, 2.05) is 0 Å². The first-order chi connectivity index (χ1) is 8.35. The highest BCUT2D eigenvalue weighted by Crippen LogP contribution is 2.27. The van der Waals surface area contributed by atoms with Gasteiger partial charge in [0.15, 0.2) is 0 Å². The Labute approximate surface area is 104 Å². The van der Waals surface area contributed by atoms with Crippen LogP contribution in [0.25, 0.3) is 0 Å². The highest BCUT2D eigenvalue weighted by molar-refractivity contribution is 5.33. The molecule has 0 aromatic heterocycles. The summed E-state index contributed by atoms with van der Waals surface area (Å²) in [6.07, 6.45) is 2.26. The highest BCUT2D eigenvalue weighted by atomic mass is 14.1. The molecule has 1 atom stereocenters. The van der Waals surface area contributed by atoms with Crippen molar-refractivity contribution in [2.24, 2.45) is 0 Å². The van der Waals surface area contributed by atoms with Gasteiger partial charge in [0.1, 0.15) is 0 Å². The molecule has 0 heteroatoms. The fourth-order valence-electron chi connectivity index (χ4n) is 2.33. The summed E-state index contributed by atoms with van der Waals surface area (Å²) >= 11 is 0. The zero-order valence-corrected chi connectivity index (χ0v) is 10.7. The minimum absolute atomic E-state index is 0.530. The van der Waals surface area contributed by atoms with E-state index in [-0.39, 0.29) is 0 Å². The van der Waals surface area contributed by atoms with Crippen LogP contribution in [0.3, 0.4) is 0 Å². The second kappa shape index (κ2) is 5.67. The Hall–Kier alpha value is -1.56. The predicted octanol–water partition coefficient (Wildman–Crippen LogP) is 4.79. The van der Waals surface area contributed by atoms with Crippen LogP contribution in [0.5, 0.6) is 0 Å². The normalized spacial score (nSPS) is 12.4. The van der Waals surface area contributed by atoms with Crippen molar-refractivity contribution in [3.63, 3.8) is 0 Å². The molecule has 0 fully saturated rings. The third-order valence-electron chi connectivity index (χ3n) is 3.40. The van der Waals surface area contributed by atoms with Gasteiger partial charge in [-0.2, -0.15) is 0 Å². The van der Waals surface area contributed by atoms with Crippen molar-refractivity contribution in [1.29, 1.82) is 0 Å². The average molecular weight is 224 g/mol. The maximum atomic E-state index is 2.28. The quantitative estimate of drug-likeness (QED) is 0.700. The lowest BCUT2D eigenvalue weighted by Crippen LogP contribution is -1.99. The third kappa shape index (κ3) is 2.76. The summed E-state index contributed by atoms with van der Waals surface area (Å²) in [7, 11) is 0. The van der Waals surface area contributed by atoms with Crippen molar-refractivity contribution >= 4 is 0 Å². The summed E-state index contributed by atoms with van der Waals surface area (Å²) in [6.45, 7) is 4.45. The Morgan fingerprint density at radius 1 is 0.765 bits per heavy atom. The van der Waals surface area contributed by atoms with E-state index in [0.29, 0.717) is 5.92 Å². The second-order valence-corrected chi connectivity index (χ2v) is 4.47. The van der Waals surface area contributed by atoms with Crippen LogP contribution < -0.4 is 0 Å². The largest absolute Gasteiger partial charge is 0.0645 e. The lowest BCUT2D eigenvalue weighted by Gasteiger charge is -2.16. The van der Waals surface area contributed by atoms with E-state index in [9.17, 15) is 0 Å². The lowest BCUT2D eigenvalue weighted by molar-refractivity contribution is 0.776. The van der Waals surface area contributed by atoms with Gasteiger partial charge in [0.05, 0.1) is 0 Å². The summed E-state index contributed by atoms with van der Waals surface area (Å²) in [5.74, 6) is 0.530. The van der Waals surface area contributed by atoms with Gasteiger partial charge in [-0.15, -0.1) is 0 Å². The molecule has 0 bridgehead atoms. The fourth-order valence-corrected chi connectivity index (χ4v) is 2.33. The van der Waals surface area contributed by atoms with Crippen molar-refractivity contribution < 1.29 is 0 Å². The van der Waals surface area contributed by atoms with Crippen molar-refractivity contribution in [2.75, 3.05) is 0 Å². The minimum atomic E-state index is 0.530. The van der Waals surface area contributed by atoms with Gasteiger partial charge in [-0.05, 0) is 29.5 Å². The average Bonchev–Trinajstić information content (AvgIpc) is 2.42. The molecule has 2 aromatic rings. The van der Waals surface area contributed by atoms with Crippen molar-refractivity contribution in [1.82, 2.24) is 0 Å². The summed E-state index contributed by atoms with van der Waals surface area (Å²) in [4.78, 5) is 0. The van der Waals surface area contributed by atoms with Crippen molar-refractivity contribution in [3.8, 4) is 0 Å². The number of hydrogen-bond donors (Lipinski definition) is 0. The molecule has 0 nitrogen and oxygen atoms in total. The Kier molecular flexibility index (Phi) is 3.98. The first-order valence-electron chi connectivity index (χ1n) is 6.49. The first kappa shape index (κ1) is 11.9. The van der Waals surface area contributed by atoms with Gasteiger partial charge in [0.2, 0.25) is 0 Å². The van der Waals surface area contributed by atoms with Gasteiger partial charge < -0.3 is 0 Å². The van der Waals surface area contributed by atoms with Crippen molar-refractivity contribution in [3.05, 3.63) is 71.3 Å². The van der Waals surface area contributed by atoms with Gasteiger partial charge in [-0.25, -0.2) is 0 Å². The molecular weight excluding hydrogens is 204 g/mol. The number of aryl methyl sites for hydroxylation is 1. The molecule has 1 unspecified atom stereocenters. The molecule has 0 aliphatic rings. The molecule has 0 radical (unpaired) electrons. The number of benzene rings is 2. The van der Waals surface area contributed by atoms with Crippen LogP contribution >= 0.6 is 0 Å². The van der Waals surface area contributed by atoms with E-state index in [0.717, 1.165) is 12.8 Å². The lowest BCUT2D eigenvalue weighted by atomic mass is 9.89. The van der Waals surface area contributed by atoms with E-state index in [1.165, 1.54) is 16.7 Å². The molecule has 0 aliphatic heterocycles. The molecule has 0 N–H and O–H groups in total. The number of rotatable bonds is 4. The molecular formula is C17H20. The summed E-state index contributed by atoms with van der Waals surface area (Å²) < 4.78 is 0. The topological polar surface area (TPSA) is 0 Å². The van der Waals surface area contributed by atoms with E-state index in [4.69, 9.17) is 0 Å². The van der Waals surface area contributed by atoms with Crippen LogP contribution in [-0.4, -0.2) is 0 Å². The Bertz CT molecular complexity index is 439. The summed E-state index contributed by atoms with van der Waals surface area (Å²) in [5.41, 5.74) is 4.26. The smallest absolute Gasteiger partial charge is 0.00867 e.